The first kappa shape index (κ1) is 15.5. The van der Waals surface area contributed by atoms with Gasteiger partial charge in [-0.3, -0.25) is 4.79 Å². The van der Waals surface area contributed by atoms with E-state index < -0.39 is 0 Å². The van der Waals surface area contributed by atoms with Gasteiger partial charge in [0.15, 0.2) is 11.6 Å². The highest BCUT2D eigenvalue weighted by Gasteiger charge is 2.23. The Bertz CT molecular complexity index is 496. The van der Waals surface area contributed by atoms with Crippen molar-refractivity contribution >= 4 is 5.91 Å². The van der Waals surface area contributed by atoms with Crippen LogP contribution in [-0.4, -0.2) is 55.1 Å². The van der Waals surface area contributed by atoms with Gasteiger partial charge in [-0.1, -0.05) is 0 Å². The Morgan fingerprint density at radius 2 is 2.41 bits per heavy atom. The van der Waals surface area contributed by atoms with Crippen LogP contribution >= 0.6 is 0 Å². The zero-order valence-corrected chi connectivity index (χ0v) is 13.3. The largest absolute Gasteiger partial charge is 0.448 e. The Morgan fingerprint density at radius 3 is 3.14 bits per heavy atom. The van der Waals surface area contributed by atoms with E-state index in [1.54, 1.807) is 0 Å². The molecule has 0 bridgehead atoms. The molecule has 0 spiro atoms. The number of hydrogen-bond acceptors (Lipinski definition) is 5. The van der Waals surface area contributed by atoms with Crippen molar-refractivity contribution in [2.24, 2.45) is 0 Å². The summed E-state index contributed by atoms with van der Waals surface area (Å²) < 4.78 is 5.50. The molecule has 1 aromatic rings. The molecule has 2 aliphatic rings. The highest BCUT2D eigenvalue weighted by molar-refractivity contribution is 5.91. The van der Waals surface area contributed by atoms with Crippen LogP contribution in [0.25, 0.3) is 0 Å². The molecule has 1 amide bonds. The summed E-state index contributed by atoms with van der Waals surface area (Å²) in [5.41, 5.74) is 0.403. The fourth-order valence-corrected chi connectivity index (χ4v) is 3.43. The molecule has 0 aromatic carbocycles. The Labute approximate surface area is 131 Å². The highest BCUT2D eigenvalue weighted by atomic mass is 16.3. The van der Waals surface area contributed by atoms with Crippen molar-refractivity contribution in [2.45, 2.75) is 44.1 Å². The lowest BCUT2D eigenvalue weighted by Gasteiger charge is -2.19. The number of piperidine rings is 1. The summed E-state index contributed by atoms with van der Waals surface area (Å²) in [6.45, 7) is 3.80. The predicted molar refractivity (Wildman–Crippen MR) is 83.9 cm³/mol. The smallest absolute Gasteiger partial charge is 0.273 e. The van der Waals surface area contributed by atoms with Gasteiger partial charge in [0, 0.05) is 25.0 Å². The van der Waals surface area contributed by atoms with Crippen LogP contribution in [0.5, 0.6) is 0 Å². The fourth-order valence-electron chi connectivity index (χ4n) is 3.43. The van der Waals surface area contributed by atoms with Crippen molar-refractivity contribution in [3.63, 3.8) is 0 Å². The molecule has 2 saturated heterocycles. The van der Waals surface area contributed by atoms with Crippen molar-refractivity contribution in [3.8, 4) is 0 Å². The van der Waals surface area contributed by atoms with Crippen LogP contribution in [0.3, 0.4) is 0 Å². The van der Waals surface area contributed by atoms with Gasteiger partial charge >= 0.3 is 0 Å². The van der Waals surface area contributed by atoms with Crippen LogP contribution in [0.4, 0.5) is 0 Å². The van der Waals surface area contributed by atoms with Gasteiger partial charge in [-0.15, -0.1) is 0 Å². The van der Waals surface area contributed by atoms with E-state index in [9.17, 15) is 4.79 Å². The first-order valence-electron chi connectivity index (χ1n) is 8.38. The quantitative estimate of drug-likeness (QED) is 0.859. The number of nitrogens with zero attached hydrogens (tertiary/aromatic N) is 2. The molecule has 0 aliphatic carbocycles. The number of carbonyl (C=O) groups is 1. The maximum absolute atomic E-state index is 12.1. The summed E-state index contributed by atoms with van der Waals surface area (Å²) in [5.74, 6) is 0.856. The van der Waals surface area contributed by atoms with Gasteiger partial charge in [-0.25, -0.2) is 4.98 Å². The molecule has 6 heteroatoms. The molecule has 2 unspecified atom stereocenters. The molecule has 0 saturated carbocycles. The van der Waals surface area contributed by atoms with Crippen molar-refractivity contribution in [2.75, 3.05) is 33.2 Å². The molecule has 2 N–H and O–H groups in total. The van der Waals surface area contributed by atoms with Gasteiger partial charge in [0.25, 0.3) is 5.91 Å². The summed E-state index contributed by atoms with van der Waals surface area (Å²) in [6.07, 6.45) is 7.18. The second-order valence-electron chi connectivity index (χ2n) is 6.44. The second kappa shape index (κ2) is 7.24. The first-order chi connectivity index (χ1) is 10.7. The van der Waals surface area contributed by atoms with Crippen LogP contribution in [0.1, 0.15) is 54.4 Å². The number of oxazole rings is 1. The topological polar surface area (TPSA) is 70.4 Å². The molecule has 1 aromatic heterocycles. The maximum Gasteiger partial charge on any atom is 0.273 e. The van der Waals surface area contributed by atoms with Crippen LogP contribution < -0.4 is 10.6 Å². The van der Waals surface area contributed by atoms with Gasteiger partial charge in [0.05, 0.1) is 0 Å². The number of aromatic nitrogens is 1. The Balaban J connectivity index is 1.46. The van der Waals surface area contributed by atoms with Gasteiger partial charge in [-0.05, 0) is 52.2 Å². The maximum atomic E-state index is 12.1. The number of amides is 1. The summed E-state index contributed by atoms with van der Waals surface area (Å²) in [4.78, 5) is 18.9. The molecule has 2 aliphatic heterocycles. The van der Waals surface area contributed by atoms with Gasteiger partial charge in [0.2, 0.25) is 0 Å². The zero-order chi connectivity index (χ0) is 15.4. The first-order valence-corrected chi connectivity index (χ1v) is 8.38. The lowest BCUT2D eigenvalue weighted by molar-refractivity contribution is 0.0945. The van der Waals surface area contributed by atoms with Crippen molar-refractivity contribution in [1.29, 1.82) is 0 Å². The van der Waals surface area contributed by atoms with Crippen LogP contribution in [0, 0.1) is 0 Å². The summed E-state index contributed by atoms with van der Waals surface area (Å²) in [7, 11) is 2.15. The molecular formula is C16H26N4O2. The average Bonchev–Trinajstić information content (AvgIpc) is 3.18. The average molecular weight is 306 g/mol. The van der Waals surface area contributed by atoms with E-state index in [1.165, 1.54) is 25.6 Å². The lowest BCUT2D eigenvalue weighted by atomic mass is 10.00. The second-order valence-corrected chi connectivity index (χ2v) is 6.44. The van der Waals surface area contributed by atoms with Crippen LogP contribution in [0.2, 0.25) is 0 Å². The van der Waals surface area contributed by atoms with Crippen molar-refractivity contribution in [3.05, 3.63) is 17.8 Å². The summed E-state index contributed by atoms with van der Waals surface area (Å²) >= 11 is 0. The third-order valence-electron chi connectivity index (χ3n) is 4.84. The normalized spacial score (nSPS) is 26.2. The summed E-state index contributed by atoms with van der Waals surface area (Å²) in [5, 5.41) is 6.30. The van der Waals surface area contributed by atoms with E-state index in [4.69, 9.17) is 4.42 Å². The minimum atomic E-state index is -0.126. The van der Waals surface area contributed by atoms with Gasteiger partial charge in [0.1, 0.15) is 6.26 Å². The molecule has 122 valence electrons. The van der Waals surface area contributed by atoms with Gasteiger partial charge < -0.3 is 20.0 Å². The third-order valence-corrected chi connectivity index (χ3v) is 4.84. The lowest BCUT2D eigenvalue weighted by Crippen LogP contribution is -2.32. The Hall–Kier alpha value is -1.40. The van der Waals surface area contributed by atoms with Crippen molar-refractivity contribution in [1.82, 2.24) is 20.5 Å². The minimum Gasteiger partial charge on any atom is -0.448 e. The Kier molecular flexibility index (Phi) is 5.10. The molecular weight excluding hydrogens is 280 g/mol. The number of rotatable bonds is 5. The minimum absolute atomic E-state index is 0.126. The molecule has 2 atom stereocenters. The molecule has 0 radical (unpaired) electrons. The van der Waals surface area contributed by atoms with E-state index in [-0.39, 0.29) is 5.91 Å². The highest BCUT2D eigenvalue weighted by Crippen LogP contribution is 2.22. The molecule has 22 heavy (non-hydrogen) atoms. The van der Waals surface area contributed by atoms with E-state index in [0.29, 0.717) is 30.1 Å². The van der Waals surface area contributed by atoms with Gasteiger partial charge in [-0.2, -0.15) is 0 Å². The molecule has 2 fully saturated rings. The fraction of sp³-hybridized carbons (Fsp3) is 0.750. The van der Waals surface area contributed by atoms with E-state index in [0.717, 1.165) is 32.4 Å². The van der Waals surface area contributed by atoms with Crippen molar-refractivity contribution < 1.29 is 9.21 Å². The number of nitrogens with one attached hydrogen (secondary N) is 2. The third kappa shape index (κ3) is 3.67. The molecule has 6 nitrogen and oxygen atoms in total. The van der Waals surface area contributed by atoms with E-state index in [2.05, 4.69) is 27.6 Å². The monoisotopic (exact) mass is 306 g/mol. The number of hydrogen-bond donors (Lipinski definition) is 2. The molecule has 3 heterocycles. The van der Waals surface area contributed by atoms with Crippen LogP contribution in [0.15, 0.2) is 10.7 Å². The van der Waals surface area contributed by atoms with E-state index >= 15 is 0 Å². The number of likely N-dealkylation sites (tertiary alicyclic amines) is 1. The predicted octanol–water partition coefficient (Wildman–Crippen LogP) is 1.36. The number of carbonyl (C=O) groups excluding carboxylic acids is 1. The Morgan fingerprint density at radius 1 is 1.50 bits per heavy atom. The van der Waals surface area contributed by atoms with E-state index in [1.807, 2.05) is 0 Å². The van der Waals surface area contributed by atoms with Crippen LogP contribution in [-0.2, 0) is 0 Å². The SMILES string of the molecule is CN1CCCC1CCNC(=O)c1coc(C2CCCNC2)n1. The zero-order valence-electron chi connectivity index (χ0n) is 13.3. The molecule has 3 rings (SSSR count). The standard InChI is InChI=1S/C16H26N4O2/c1-20-9-3-5-13(20)6-8-18-15(21)14-11-22-16(19-14)12-4-2-7-17-10-12/h11-13,17H,2-10H2,1H3,(H,18,21). The summed E-state index contributed by atoms with van der Waals surface area (Å²) in [6, 6.07) is 0.599.